The van der Waals surface area contributed by atoms with Gasteiger partial charge < -0.3 is 20.1 Å². The van der Waals surface area contributed by atoms with Gasteiger partial charge >= 0.3 is 37.7 Å². The van der Waals surface area contributed by atoms with E-state index in [9.17, 15) is 5.11 Å². The van der Waals surface area contributed by atoms with Gasteiger partial charge in [0.25, 0.3) is 0 Å². The van der Waals surface area contributed by atoms with Crippen LogP contribution in [0, 0.1) is 17.8 Å². The Balaban J connectivity index is 0. The number of aliphatic hydroxyl groups excluding tert-OH is 1. The molecule has 16 heavy (non-hydrogen) atoms. The molecule has 0 amide bonds. The van der Waals surface area contributed by atoms with E-state index in [0.29, 0.717) is 11.8 Å². The second-order valence-electron chi connectivity index (χ2n) is 4.64. The van der Waals surface area contributed by atoms with E-state index in [2.05, 4.69) is 20.8 Å². The Hall–Kier alpha value is 0.490. The molecule has 0 spiro atoms. The standard InChI is InChI=1S/C10H20O.CH2O3.Ca/c1-7(2)9-5-4-8(3)6-10(9)11;2-1(3)4;/h7-11H,4-6H2,1-3H3;(H2,2,3,4);/q;;+2/p-2. The largest absolute Gasteiger partial charge is 2.00 e. The molecule has 1 rings (SSSR count). The van der Waals surface area contributed by atoms with E-state index in [-0.39, 0.29) is 43.8 Å². The molecule has 1 fully saturated rings. The third-order valence-corrected chi connectivity index (χ3v) is 2.99. The van der Waals surface area contributed by atoms with Crippen LogP contribution in [0.3, 0.4) is 0 Å². The van der Waals surface area contributed by atoms with Gasteiger partial charge in [0.2, 0.25) is 0 Å². The predicted molar refractivity (Wildman–Crippen MR) is 58.5 cm³/mol. The summed E-state index contributed by atoms with van der Waals surface area (Å²) in [6.45, 7) is 6.66. The first-order valence-electron chi connectivity index (χ1n) is 5.40. The summed E-state index contributed by atoms with van der Waals surface area (Å²) in [6.07, 6.45) is 1.18. The van der Waals surface area contributed by atoms with E-state index in [4.69, 9.17) is 15.0 Å². The zero-order valence-corrected chi connectivity index (χ0v) is 12.5. The summed E-state index contributed by atoms with van der Waals surface area (Å²) >= 11 is 0. The molecule has 1 aliphatic rings. The summed E-state index contributed by atoms with van der Waals surface area (Å²) in [4.78, 5) is 8.33. The topological polar surface area (TPSA) is 83.4 Å². The molecule has 0 heterocycles. The summed E-state index contributed by atoms with van der Waals surface area (Å²) in [5, 5.41) is 26.4. The first-order valence-corrected chi connectivity index (χ1v) is 5.40. The van der Waals surface area contributed by atoms with Gasteiger partial charge in [-0.15, -0.1) is 0 Å². The molecule has 0 aliphatic heterocycles. The van der Waals surface area contributed by atoms with Crippen molar-refractivity contribution in [2.24, 2.45) is 17.8 Å². The van der Waals surface area contributed by atoms with Gasteiger partial charge in [0.1, 0.15) is 0 Å². The molecule has 0 aromatic rings. The zero-order chi connectivity index (χ0) is 12.0. The number of hydrogen-bond acceptors (Lipinski definition) is 4. The first kappa shape index (κ1) is 18.8. The number of aliphatic hydroxyl groups is 1. The predicted octanol–water partition coefficient (Wildman–Crippen LogP) is -0.388. The molecular formula is C11H20CaO4. The molecule has 0 radical (unpaired) electrons. The minimum atomic E-state index is -2.33. The normalized spacial score (nSPS) is 28.7. The van der Waals surface area contributed by atoms with Crippen molar-refractivity contribution in [1.29, 1.82) is 0 Å². The zero-order valence-electron chi connectivity index (χ0n) is 10.3. The van der Waals surface area contributed by atoms with Crippen LogP contribution in [0.15, 0.2) is 0 Å². The summed E-state index contributed by atoms with van der Waals surface area (Å²) in [5.74, 6) is 1.95. The molecule has 0 saturated heterocycles. The van der Waals surface area contributed by atoms with E-state index in [1.807, 2.05) is 0 Å². The first-order chi connectivity index (χ1) is 6.84. The van der Waals surface area contributed by atoms with Crippen molar-refractivity contribution in [3.8, 4) is 0 Å². The average Bonchev–Trinajstić information content (AvgIpc) is 2.01. The summed E-state index contributed by atoms with van der Waals surface area (Å²) in [5.41, 5.74) is 0. The van der Waals surface area contributed by atoms with Crippen molar-refractivity contribution in [3.63, 3.8) is 0 Å². The smallest absolute Gasteiger partial charge is 0.652 e. The second kappa shape index (κ2) is 9.51. The summed E-state index contributed by atoms with van der Waals surface area (Å²) in [6, 6.07) is 0. The third kappa shape index (κ3) is 8.62. The van der Waals surface area contributed by atoms with Gasteiger partial charge in [0, 0.05) is 0 Å². The minimum Gasteiger partial charge on any atom is -0.652 e. The number of rotatable bonds is 1. The van der Waals surface area contributed by atoms with Crippen LogP contribution in [0.2, 0.25) is 0 Å². The molecular weight excluding hydrogens is 236 g/mol. The summed E-state index contributed by atoms with van der Waals surface area (Å²) in [7, 11) is 0. The molecule has 3 unspecified atom stereocenters. The van der Waals surface area contributed by atoms with E-state index in [1.54, 1.807) is 0 Å². The minimum absolute atomic E-state index is 0. The fourth-order valence-corrected chi connectivity index (χ4v) is 2.15. The Kier molecular flexibility index (Phi) is 11.2. The van der Waals surface area contributed by atoms with Crippen molar-refractivity contribution in [1.82, 2.24) is 0 Å². The van der Waals surface area contributed by atoms with Crippen molar-refractivity contribution in [2.75, 3.05) is 0 Å². The van der Waals surface area contributed by atoms with Gasteiger partial charge in [-0.2, -0.15) is 0 Å². The Labute approximate surface area is 127 Å². The number of carbonyl (C=O) groups is 1. The molecule has 1 saturated carbocycles. The fourth-order valence-electron chi connectivity index (χ4n) is 2.15. The summed E-state index contributed by atoms with van der Waals surface area (Å²) < 4.78 is 0. The average molecular weight is 256 g/mol. The molecule has 5 heteroatoms. The van der Waals surface area contributed by atoms with Crippen LogP contribution in [0.25, 0.3) is 0 Å². The molecule has 4 nitrogen and oxygen atoms in total. The van der Waals surface area contributed by atoms with Crippen LogP contribution in [0.1, 0.15) is 40.0 Å². The quantitative estimate of drug-likeness (QED) is 0.648. The van der Waals surface area contributed by atoms with Crippen LogP contribution in [0.4, 0.5) is 4.79 Å². The number of hydrogen-bond donors (Lipinski definition) is 1. The maximum atomic E-state index is 9.71. The van der Waals surface area contributed by atoms with Gasteiger partial charge in [-0.3, -0.25) is 0 Å². The maximum Gasteiger partial charge on any atom is 2.00 e. The molecule has 0 aromatic heterocycles. The van der Waals surface area contributed by atoms with Crippen LogP contribution < -0.4 is 10.2 Å². The van der Waals surface area contributed by atoms with Crippen molar-refractivity contribution >= 4 is 43.9 Å². The van der Waals surface area contributed by atoms with Gasteiger partial charge in [-0.05, 0) is 36.8 Å². The van der Waals surface area contributed by atoms with Gasteiger partial charge in [-0.1, -0.05) is 27.2 Å². The maximum absolute atomic E-state index is 9.71. The number of carbonyl (C=O) groups excluding carboxylic acids is 1. The monoisotopic (exact) mass is 256 g/mol. The Bertz CT molecular complexity index is 192. The van der Waals surface area contributed by atoms with E-state index < -0.39 is 6.16 Å². The molecule has 0 aromatic carbocycles. The second-order valence-corrected chi connectivity index (χ2v) is 4.64. The van der Waals surface area contributed by atoms with Crippen molar-refractivity contribution < 1.29 is 20.1 Å². The molecule has 1 N–H and O–H groups in total. The fraction of sp³-hybridized carbons (Fsp3) is 0.909. The molecule has 1 aliphatic carbocycles. The van der Waals surface area contributed by atoms with E-state index in [1.165, 1.54) is 12.8 Å². The van der Waals surface area contributed by atoms with Crippen LogP contribution >= 0.6 is 0 Å². The Morgan fingerprint density at radius 3 is 2.06 bits per heavy atom. The van der Waals surface area contributed by atoms with E-state index >= 15 is 0 Å². The Morgan fingerprint density at radius 1 is 1.31 bits per heavy atom. The van der Waals surface area contributed by atoms with E-state index in [0.717, 1.165) is 12.3 Å². The van der Waals surface area contributed by atoms with Crippen molar-refractivity contribution in [3.05, 3.63) is 0 Å². The molecule has 0 bridgehead atoms. The van der Waals surface area contributed by atoms with Crippen molar-refractivity contribution in [2.45, 2.75) is 46.1 Å². The van der Waals surface area contributed by atoms with Crippen LogP contribution in [-0.2, 0) is 0 Å². The number of carboxylic acid groups (broad SMARTS) is 2. The third-order valence-electron chi connectivity index (χ3n) is 2.99. The van der Waals surface area contributed by atoms with Crippen LogP contribution in [0.5, 0.6) is 0 Å². The Morgan fingerprint density at radius 2 is 1.75 bits per heavy atom. The SMILES string of the molecule is CC1CCC(C(C)C)C(O)C1.O=C([O-])[O-].[Ca+2]. The van der Waals surface area contributed by atoms with Crippen LogP contribution in [-0.4, -0.2) is 55.1 Å². The van der Waals surface area contributed by atoms with Gasteiger partial charge in [0.15, 0.2) is 0 Å². The molecule has 3 atom stereocenters. The van der Waals surface area contributed by atoms with Gasteiger partial charge in [0.05, 0.1) is 6.10 Å². The van der Waals surface area contributed by atoms with Gasteiger partial charge in [-0.25, -0.2) is 0 Å². The molecule has 90 valence electrons.